The number of amides is 2. The van der Waals surface area contributed by atoms with Crippen molar-refractivity contribution in [2.75, 3.05) is 10.2 Å². The second-order valence-corrected chi connectivity index (χ2v) is 9.13. The van der Waals surface area contributed by atoms with E-state index in [4.69, 9.17) is 4.74 Å². The first-order valence-electron chi connectivity index (χ1n) is 9.85. The van der Waals surface area contributed by atoms with E-state index in [1.54, 1.807) is 11.8 Å². The molecule has 1 saturated heterocycles. The van der Waals surface area contributed by atoms with Crippen LogP contribution in [0.3, 0.4) is 0 Å². The van der Waals surface area contributed by atoms with Crippen molar-refractivity contribution in [3.05, 3.63) is 83.1 Å². The number of esters is 1. The van der Waals surface area contributed by atoms with Gasteiger partial charge in [0.25, 0.3) is 5.91 Å². The standard InChI is InChI=1S/C23H21IN2O4S/c24-12-17-14-31-22-19(25-18(27)11-15-7-3-1-4-8-15)21(28)26(22)20(17)23(29)30-13-16-9-5-2-6-10-16/h1-10,19,22H,11-14H2,(H,25,27). The molecule has 2 heterocycles. The smallest absolute Gasteiger partial charge is 0.355 e. The number of rotatable bonds is 7. The van der Waals surface area contributed by atoms with Crippen molar-refractivity contribution in [2.45, 2.75) is 24.4 Å². The molecule has 0 aliphatic carbocycles. The largest absolute Gasteiger partial charge is 0.456 e. The second kappa shape index (κ2) is 9.86. The second-order valence-electron chi connectivity index (χ2n) is 7.26. The van der Waals surface area contributed by atoms with E-state index in [1.807, 2.05) is 60.7 Å². The summed E-state index contributed by atoms with van der Waals surface area (Å²) in [5, 5.41) is 2.54. The topological polar surface area (TPSA) is 75.7 Å². The molecule has 2 aromatic rings. The Bertz CT molecular complexity index is 1010. The van der Waals surface area contributed by atoms with E-state index in [2.05, 4.69) is 27.9 Å². The predicted molar refractivity (Wildman–Crippen MR) is 127 cm³/mol. The first kappa shape index (κ1) is 21.9. The molecule has 2 aliphatic rings. The number of carbonyl (C=O) groups excluding carboxylic acids is 3. The van der Waals surface area contributed by atoms with Crippen LogP contribution in [-0.4, -0.2) is 44.3 Å². The first-order chi connectivity index (χ1) is 15.1. The Morgan fingerprint density at radius 2 is 1.71 bits per heavy atom. The van der Waals surface area contributed by atoms with Gasteiger partial charge < -0.3 is 10.1 Å². The van der Waals surface area contributed by atoms with Crippen LogP contribution < -0.4 is 5.32 Å². The van der Waals surface area contributed by atoms with Crippen molar-refractivity contribution in [1.29, 1.82) is 0 Å². The van der Waals surface area contributed by atoms with Gasteiger partial charge in [0.15, 0.2) is 0 Å². The lowest BCUT2D eigenvalue weighted by Crippen LogP contribution is -2.70. The maximum absolute atomic E-state index is 12.9. The van der Waals surface area contributed by atoms with E-state index in [0.29, 0.717) is 15.9 Å². The van der Waals surface area contributed by atoms with E-state index in [0.717, 1.165) is 16.7 Å². The summed E-state index contributed by atoms with van der Waals surface area (Å²) in [5.41, 5.74) is 2.97. The lowest BCUT2D eigenvalue weighted by Gasteiger charge is -2.49. The first-order valence-corrected chi connectivity index (χ1v) is 12.4. The highest BCUT2D eigenvalue weighted by Crippen LogP contribution is 2.41. The predicted octanol–water partition coefficient (Wildman–Crippen LogP) is 3.06. The van der Waals surface area contributed by atoms with Crippen LogP contribution in [-0.2, 0) is 32.1 Å². The number of alkyl halides is 1. The van der Waals surface area contributed by atoms with Crippen LogP contribution in [0.15, 0.2) is 71.9 Å². The van der Waals surface area contributed by atoms with Gasteiger partial charge in [-0.05, 0) is 16.7 Å². The van der Waals surface area contributed by atoms with Crippen molar-refractivity contribution < 1.29 is 19.1 Å². The van der Waals surface area contributed by atoms with Crippen molar-refractivity contribution in [1.82, 2.24) is 10.2 Å². The van der Waals surface area contributed by atoms with Crippen molar-refractivity contribution >= 4 is 52.1 Å². The summed E-state index contributed by atoms with van der Waals surface area (Å²) in [4.78, 5) is 39.7. The van der Waals surface area contributed by atoms with Crippen LogP contribution in [0.4, 0.5) is 0 Å². The molecule has 0 radical (unpaired) electrons. The molecule has 0 aromatic heterocycles. The van der Waals surface area contributed by atoms with Crippen molar-refractivity contribution in [2.24, 2.45) is 0 Å². The van der Waals surface area contributed by atoms with E-state index < -0.39 is 12.0 Å². The lowest BCUT2D eigenvalue weighted by molar-refractivity contribution is -0.153. The molecule has 0 spiro atoms. The number of ether oxygens (including phenoxy) is 1. The average molecular weight is 548 g/mol. The van der Waals surface area contributed by atoms with Crippen LogP contribution in [0.2, 0.25) is 0 Å². The number of nitrogens with zero attached hydrogens (tertiary/aromatic N) is 1. The minimum Gasteiger partial charge on any atom is -0.456 e. The van der Waals surface area contributed by atoms with Crippen LogP contribution in [0.25, 0.3) is 0 Å². The summed E-state index contributed by atoms with van der Waals surface area (Å²) < 4.78 is 6.13. The molecule has 1 N–H and O–H groups in total. The molecule has 2 amide bonds. The number of hydrogen-bond donors (Lipinski definition) is 1. The van der Waals surface area contributed by atoms with Gasteiger partial charge in [-0.2, -0.15) is 0 Å². The van der Waals surface area contributed by atoms with Gasteiger partial charge in [0.05, 0.1) is 6.42 Å². The highest BCUT2D eigenvalue weighted by atomic mass is 127. The van der Waals surface area contributed by atoms with Crippen LogP contribution in [0, 0.1) is 0 Å². The molecule has 160 valence electrons. The SMILES string of the molecule is O=C(Cc1ccccc1)NC1C(=O)N2C(C(=O)OCc3ccccc3)=C(CI)CSC12. The van der Waals surface area contributed by atoms with Gasteiger partial charge in [-0.3, -0.25) is 14.5 Å². The van der Waals surface area contributed by atoms with Crippen LogP contribution in [0.5, 0.6) is 0 Å². The number of β-lactam (4-membered cyclic amide) rings is 1. The quantitative estimate of drug-likeness (QED) is 0.249. The number of benzene rings is 2. The zero-order valence-corrected chi connectivity index (χ0v) is 19.6. The number of halogens is 1. The monoisotopic (exact) mass is 548 g/mol. The molecule has 2 aliphatic heterocycles. The molecule has 0 bridgehead atoms. The van der Waals surface area contributed by atoms with Gasteiger partial charge >= 0.3 is 5.97 Å². The minimum absolute atomic E-state index is 0.148. The fourth-order valence-electron chi connectivity index (χ4n) is 3.57. The average Bonchev–Trinajstić information content (AvgIpc) is 2.81. The van der Waals surface area contributed by atoms with E-state index in [1.165, 1.54) is 4.90 Å². The molecule has 8 heteroatoms. The normalized spacial score (nSPS) is 20.0. The zero-order chi connectivity index (χ0) is 21.8. The highest BCUT2D eigenvalue weighted by Gasteiger charge is 2.54. The Morgan fingerprint density at radius 3 is 2.35 bits per heavy atom. The summed E-state index contributed by atoms with van der Waals surface area (Å²) in [6, 6.07) is 18.2. The number of nitrogens with one attached hydrogen (secondary N) is 1. The van der Waals surface area contributed by atoms with E-state index in [9.17, 15) is 14.4 Å². The molecule has 31 heavy (non-hydrogen) atoms. The summed E-state index contributed by atoms with van der Waals surface area (Å²) >= 11 is 3.76. The number of fused-ring (bicyclic) bond motifs is 1. The Morgan fingerprint density at radius 1 is 1.06 bits per heavy atom. The highest BCUT2D eigenvalue weighted by molar-refractivity contribution is 14.1. The third-order valence-electron chi connectivity index (χ3n) is 5.14. The Hall–Kier alpha value is -2.33. The van der Waals surface area contributed by atoms with E-state index >= 15 is 0 Å². The number of carbonyl (C=O) groups is 3. The summed E-state index contributed by atoms with van der Waals surface area (Å²) in [6.07, 6.45) is 0.211. The van der Waals surface area contributed by atoms with Crippen molar-refractivity contribution in [3.8, 4) is 0 Å². The summed E-state index contributed by atoms with van der Waals surface area (Å²) in [6.45, 7) is 0.148. The van der Waals surface area contributed by atoms with E-state index in [-0.39, 0.29) is 30.2 Å². The number of hydrogen-bond acceptors (Lipinski definition) is 5. The fourth-order valence-corrected chi connectivity index (χ4v) is 5.91. The molecule has 6 nitrogen and oxygen atoms in total. The maximum Gasteiger partial charge on any atom is 0.355 e. The molecule has 1 fully saturated rings. The summed E-state index contributed by atoms with van der Waals surface area (Å²) in [7, 11) is 0. The molecular weight excluding hydrogens is 527 g/mol. The third kappa shape index (κ3) is 4.79. The molecular formula is C23H21IN2O4S. The van der Waals surface area contributed by atoms with Gasteiger partial charge in [-0.15, -0.1) is 11.8 Å². The maximum atomic E-state index is 12.9. The lowest BCUT2D eigenvalue weighted by atomic mass is 10.0. The van der Waals surface area contributed by atoms with Gasteiger partial charge in [0, 0.05) is 10.2 Å². The summed E-state index contributed by atoms with van der Waals surface area (Å²) in [5.74, 6) is -0.351. The van der Waals surface area contributed by atoms with Crippen LogP contribution in [0.1, 0.15) is 11.1 Å². The van der Waals surface area contributed by atoms with Gasteiger partial charge in [0.2, 0.25) is 5.91 Å². The molecule has 2 aromatic carbocycles. The van der Waals surface area contributed by atoms with Gasteiger partial charge in [0.1, 0.15) is 23.7 Å². The zero-order valence-electron chi connectivity index (χ0n) is 16.6. The number of thioether (sulfide) groups is 1. The Balaban J connectivity index is 1.42. The van der Waals surface area contributed by atoms with Gasteiger partial charge in [-0.1, -0.05) is 83.3 Å². The minimum atomic E-state index is -0.631. The molecule has 0 saturated carbocycles. The fraction of sp³-hybridized carbons (Fsp3) is 0.261. The molecule has 2 atom stereocenters. The Kier molecular flexibility index (Phi) is 6.96. The van der Waals surface area contributed by atoms with Crippen molar-refractivity contribution in [3.63, 3.8) is 0 Å². The third-order valence-corrected chi connectivity index (χ3v) is 7.40. The molecule has 2 unspecified atom stereocenters. The Labute approximate surface area is 198 Å². The molecule has 4 rings (SSSR count). The van der Waals surface area contributed by atoms with Gasteiger partial charge in [-0.25, -0.2) is 4.79 Å². The van der Waals surface area contributed by atoms with Crippen LogP contribution >= 0.6 is 34.4 Å².